The Balaban J connectivity index is 4.27. The lowest BCUT2D eigenvalue weighted by atomic mass is 10.3. The van der Waals surface area contributed by atoms with Crippen LogP contribution in [0.15, 0.2) is 41.2 Å². The zero-order valence-electron chi connectivity index (χ0n) is 12.6. The first kappa shape index (κ1) is 18.3. The SMILES string of the molecule is C#[N+]/N=C(/CO/C=C/C(C)=C\C=C/C)OC(C)SCC. The zero-order valence-corrected chi connectivity index (χ0v) is 13.4. The van der Waals surface area contributed by atoms with E-state index in [0.717, 1.165) is 11.3 Å². The first-order valence-corrected chi connectivity index (χ1v) is 7.51. The molecule has 0 aliphatic heterocycles. The third-order valence-corrected chi connectivity index (χ3v) is 2.96. The first-order valence-electron chi connectivity index (χ1n) is 6.46. The van der Waals surface area contributed by atoms with Gasteiger partial charge in [-0.3, -0.25) is 0 Å². The maximum Gasteiger partial charge on any atom is 0.313 e. The van der Waals surface area contributed by atoms with Crippen molar-refractivity contribution in [3.63, 3.8) is 0 Å². The largest absolute Gasteiger partial charge is 0.491 e. The molecule has 0 spiro atoms. The molecule has 1 atom stereocenters. The second-order valence-electron chi connectivity index (χ2n) is 3.80. The Kier molecular flexibility index (Phi) is 11.3. The van der Waals surface area contributed by atoms with E-state index in [2.05, 4.69) is 17.0 Å². The van der Waals surface area contributed by atoms with E-state index < -0.39 is 0 Å². The molecule has 0 aromatic heterocycles. The average Bonchev–Trinajstić information content (AvgIpc) is 2.41. The van der Waals surface area contributed by atoms with Crippen LogP contribution in [0.4, 0.5) is 0 Å². The van der Waals surface area contributed by atoms with Gasteiger partial charge < -0.3 is 9.47 Å². The van der Waals surface area contributed by atoms with E-state index in [9.17, 15) is 0 Å². The number of ether oxygens (including phenoxy) is 2. The molecular formula is C15H23N2O2S+. The van der Waals surface area contributed by atoms with Gasteiger partial charge in [-0.1, -0.05) is 25.2 Å². The Hall–Kier alpha value is -1.67. The van der Waals surface area contributed by atoms with E-state index in [1.54, 1.807) is 18.0 Å². The first-order chi connectivity index (χ1) is 9.63. The number of hydrogen-bond acceptors (Lipinski definition) is 4. The maximum absolute atomic E-state index is 5.56. The minimum atomic E-state index is -0.00981. The number of hydrogen-bond donors (Lipinski definition) is 0. The molecule has 5 heteroatoms. The van der Waals surface area contributed by atoms with Gasteiger partial charge in [-0.15, -0.1) is 11.8 Å². The number of allylic oxidation sites excluding steroid dienone is 5. The van der Waals surface area contributed by atoms with Crippen molar-refractivity contribution in [2.75, 3.05) is 12.4 Å². The standard InChI is InChI=1S/C15H23N2O2S/c1-6-8-9-13(3)10-11-18-12-15(17-16-5)19-14(4)20-7-2/h5-6,8-11,14H,7,12H2,1-4H3/q+1/b8-6-,11-10+,13-9-,17-15-. The molecule has 0 saturated carbocycles. The van der Waals surface area contributed by atoms with E-state index in [1.165, 1.54) is 0 Å². The van der Waals surface area contributed by atoms with Gasteiger partial charge in [0.1, 0.15) is 10.4 Å². The number of rotatable bonds is 8. The molecule has 0 aliphatic rings. The lowest BCUT2D eigenvalue weighted by Crippen LogP contribution is -2.16. The molecule has 4 nitrogen and oxygen atoms in total. The van der Waals surface area contributed by atoms with Crippen LogP contribution in [0.2, 0.25) is 0 Å². The molecular weight excluding hydrogens is 272 g/mol. The summed E-state index contributed by atoms with van der Waals surface area (Å²) in [7, 11) is 0. The lowest BCUT2D eigenvalue weighted by Gasteiger charge is -2.11. The second kappa shape index (κ2) is 12.4. The molecule has 0 heterocycles. The molecule has 0 radical (unpaired) electrons. The van der Waals surface area contributed by atoms with E-state index in [0.29, 0.717) is 5.90 Å². The van der Waals surface area contributed by atoms with E-state index in [4.69, 9.17) is 16.0 Å². The maximum atomic E-state index is 5.56. The quantitative estimate of drug-likeness (QED) is 0.166. The van der Waals surface area contributed by atoms with Crippen molar-refractivity contribution in [2.45, 2.75) is 33.1 Å². The summed E-state index contributed by atoms with van der Waals surface area (Å²) in [6, 6.07) is 0. The highest BCUT2D eigenvalue weighted by Gasteiger charge is 2.11. The van der Waals surface area contributed by atoms with E-state index >= 15 is 0 Å². The molecule has 0 N–H and O–H groups in total. The predicted molar refractivity (Wildman–Crippen MR) is 88.1 cm³/mol. The molecule has 20 heavy (non-hydrogen) atoms. The van der Waals surface area contributed by atoms with Crippen molar-refractivity contribution in [2.24, 2.45) is 5.10 Å². The lowest BCUT2D eigenvalue weighted by molar-refractivity contribution is 0.229. The molecule has 0 aliphatic carbocycles. The van der Waals surface area contributed by atoms with Crippen LogP contribution in [-0.4, -0.2) is 23.7 Å². The third kappa shape index (κ3) is 10.3. The van der Waals surface area contributed by atoms with E-state index in [-0.39, 0.29) is 12.0 Å². The minimum absolute atomic E-state index is 0.00981. The zero-order chi connectivity index (χ0) is 15.2. The molecule has 0 amide bonds. The monoisotopic (exact) mass is 295 g/mol. The Morgan fingerprint density at radius 2 is 2.25 bits per heavy atom. The van der Waals surface area contributed by atoms with Gasteiger partial charge in [0, 0.05) is 0 Å². The summed E-state index contributed by atoms with van der Waals surface area (Å²) < 4.78 is 10.9. The molecule has 0 fully saturated rings. The second-order valence-corrected chi connectivity index (χ2v) is 5.37. The van der Waals surface area contributed by atoms with Crippen LogP contribution in [0, 0.1) is 6.57 Å². The van der Waals surface area contributed by atoms with Gasteiger partial charge in [0.15, 0.2) is 11.7 Å². The Labute approximate surface area is 126 Å². The van der Waals surface area contributed by atoms with E-state index in [1.807, 2.05) is 45.1 Å². The number of nitrogens with zero attached hydrogens (tertiary/aromatic N) is 2. The van der Waals surface area contributed by atoms with Crippen molar-refractivity contribution in [3.8, 4) is 6.57 Å². The molecule has 1 unspecified atom stereocenters. The van der Waals surface area contributed by atoms with Crippen molar-refractivity contribution >= 4 is 17.7 Å². The fraction of sp³-hybridized carbons (Fsp3) is 0.467. The fourth-order valence-corrected chi connectivity index (χ4v) is 1.84. The summed E-state index contributed by atoms with van der Waals surface area (Å²) in [6.45, 7) is 13.2. The third-order valence-electron chi connectivity index (χ3n) is 2.06. The van der Waals surface area contributed by atoms with Crippen LogP contribution in [0.3, 0.4) is 0 Å². The van der Waals surface area contributed by atoms with Crippen LogP contribution in [-0.2, 0) is 9.47 Å². The van der Waals surface area contributed by atoms with Gasteiger partial charge >= 0.3 is 12.5 Å². The normalized spacial score (nSPS) is 14.6. The van der Waals surface area contributed by atoms with Gasteiger partial charge in [0.2, 0.25) is 0 Å². The van der Waals surface area contributed by atoms with Crippen molar-refractivity contribution < 1.29 is 9.47 Å². The van der Waals surface area contributed by atoms with Gasteiger partial charge in [0.05, 0.1) is 6.26 Å². The summed E-state index contributed by atoms with van der Waals surface area (Å²) >= 11 is 1.66. The predicted octanol–water partition coefficient (Wildman–Crippen LogP) is 4.43. The highest BCUT2D eigenvalue weighted by molar-refractivity contribution is 7.99. The van der Waals surface area contributed by atoms with Crippen LogP contribution >= 0.6 is 11.8 Å². The highest BCUT2D eigenvalue weighted by Crippen LogP contribution is 2.11. The molecule has 0 bridgehead atoms. The fourth-order valence-electron chi connectivity index (χ4n) is 1.19. The number of thioether (sulfide) groups is 1. The summed E-state index contributed by atoms with van der Waals surface area (Å²) in [6.07, 6.45) is 9.38. The van der Waals surface area contributed by atoms with Gasteiger partial charge in [-0.2, -0.15) is 0 Å². The highest BCUT2D eigenvalue weighted by atomic mass is 32.2. The Morgan fingerprint density at radius 1 is 1.50 bits per heavy atom. The molecule has 0 rings (SSSR count). The van der Waals surface area contributed by atoms with Crippen LogP contribution in [0.5, 0.6) is 0 Å². The average molecular weight is 295 g/mol. The van der Waals surface area contributed by atoms with Crippen molar-refractivity contribution in [1.29, 1.82) is 0 Å². The molecule has 110 valence electrons. The minimum Gasteiger partial charge on any atom is -0.491 e. The smallest absolute Gasteiger partial charge is 0.313 e. The topological polar surface area (TPSA) is 35.2 Å². The van der Waals surface area contributed by atoms with Crippen LogP contribution < -0.4 is 0 Å². The van der Waals surface area contributed by atoms with Gasteiger partial charge in [-0.05, 0) is 38.2 Å². The van der Waals surface area contributed by atoms with Crippen LogP contribution in [0.1, 0.15) is 27.7 Å². The van der Waals surface area contributed by atoms with Gasteiger partial charge in [-0.25, -0.2) is 0 Å². The summed E-state index contributed by atoms with van der Waals surface area (Å²) in [4.78, 5) is 3.23. The van der Waals surface area contributed by atoms with Crippen molar-refractivity contribution in [1.82, 2.24) is 0 Å². The summed E-state index contributed by atoms with van der Waals surface area (Å²) in [5.74, 6) is 1.32. The Bertz CT molecular complexity index is 420. The molecule has 0 aromatic carbocycles. The summed E-state index contributed by atoms with van der Waals surface area (Å²) in [5.41, 5.74) is 1.07. The Morgan fingerprint density at radius 3 is 2.85 bits per heavy atom. The summed E-state index contributed by atoms with van der Waals surface area (Å²) in [5, 5.41) is 3.71. The van der Waals surface area contributed by atoms with Crippen LogP contribution in [0.25, 0.3) is 4.95 Å². The molecule has 0 saturated heterocycles. The van der Waals surface area contributed by atoms with Crippen molar-refractivity contribution in [3.05, 3.63) is 41.1 Å². The van der Waals surface area contributed by atoms with Gasteiger partial charge in [0.25, 0.3) is 0 Å². The molecule has 0 aromatic rings.